The summed E-state index contributed by atoms with van der Waals surface area (Å²) in [6.45, 7) is 6.39. The third-order valence-electron chi connectivity index (χ3n) is 1.93. The van der Waals surface area contributed by atoms with Crippen LogP contribution in [0.4, 0.5) is 4.79 Å². The molecule has 1 aromatic rings. The fourth-order valence-electron chi connectivity index (χ4n) is 1.12. The molecule has 0 unspecified atom stereocenters. The zero-order valence-electron chi connectivity index (χ0n) is 8.57. The highest BCUT2D eigenvalue weighted by molar-refractivity contribution is 7.96. The third kappa shape index (κ3) is 3.07. The highest BCUT2D eigenvalue weighted by Crippen LogP contribution is 2.24. The highest BCUT2D eigenvalue weighted by Gasteiger charge is 2.13. The molecule has 0 bridgehead atoms. The largest absolute Gasteiger partial charge is 0.419 e. The molecule has 0 heterocycles. The number of hydrogen-bond donors (Lipinski definition) is 1. The Bertz CT molecular complexity index is 322. The van der Waals surface area contributed by atoms with E-state index in [0.717, 1.165) is 0 Å². The van der Waals surface area contributed by atoms with Gasteiger partial charge in [0.05, 0.1) is 0 Å². The van der Waals surface area contributed by atoms with Crippen LogP contribution in [0.1, 0.15) is 26.3 Å². The van der Waals surface area contributed by atoms with Crippen LogP contribution in [0.25, 0.3) is 0 Å². The maximum absolute atomic E-state index is 10.5. The summed E-state index contributed by atoms with van der Waals surface area (Å²) in [6.07, 6.45) is 0. The van der Waals surface area contributed by atoms with Gasteiger partial charge in [0.15, 0.2) is 0 Å². The second-order valence-electron chi connectivity index (χ2n) is 4.14. The van der Waals surface area contributed by atoms with Gasteiger partial charge in [0.25, 0.3) is 0 Å². The maximum Gasteiger partial charge on any atom is 0.369 e. The summed E-state index contributed by atoms with van der Waals surface area (Å²) in [5.74, 6) is 0.526. The molecule has 2 nitrogen and oxygen atoms in total. The van der Waals surface area contributed by atoms with Crippen molar-refractivity contribution in [1.82, 2.24) is 0 Å². The van der Waals surface area contributed by atoms with Crippen molar-refractivity contribution in [2.24, 2.45) is 0 Å². The quantitative estimate of drug-likeness (QED) is 0.568. The first-order valence-corrected chi connectivity index (χ1v) is 4.85. The standard InChI is InChI=1S/C11H14O2S/c1-11(2,3)8-4-6-9(7-5-8)13-10(12)14/h4-7H,1-3H3,(H,12,14). The predicted octanol–water partition coefficient (Wildman–Crippen LogP) is 3.41. The lowest BCUT2D eigenvalue weighted by molar-refractivity contribution is 0.227. The molecular formula is C11H14O2S. The van der Waals surface area contributed by atoms with E-state index in [4.69, 9.17) is 4.74 Å². The summed E-state index contributed by atoms with van der Waals surface area (Å²) < 4.78 is 4.81. The van der Waals surface area contributed by atoms with E-state index in [1.165, 1.54) is 5.56 Å². The zero-order chi connectivity index (χ0) is 10.8. The molecule has 0 aromatic heterocycles. The molecule has 1 aromatic carbocycles. The van der Waals surface area contributed by atoms with Gasteiger partial charge in [-0.1, -0.05) is 45.5 Å². The van der Waals surface area contributed by atoms with Crippen molar-refractivity contribution < 1.29 is 9.53 Å². The Hall–Kier alpha value is -0.960. The summed E-state index contributed by atoms with van der Waals surface area (Å²) in [4.78, 5) is 10.5. The van der Waals surface area contributed by atoms with Crippen molar-refractivity contribution >= 4 is 17.9 Å². The zero-order valence-corrected chi connectivity index (χ0v) is 9.47. The van der Waals surface area contributed by atoms with E-state index in [-0.39, 0.29) is 5.41 Å². The lowest BCUT2D eigenvalue weighted by Gasteiger charge is -2.18. The van der Waals surface area contributed by atoms with E-state index in [1.54, 1.807) is 12.1 Å². The Balaban J connectivity index is 2.84. The molecular weight excluding hydrogens is 196 g/mol. The van der Waals surface area contributed by atoms with Crippen molar-refractivity contribution in [2.75, 3.05) is 0 Å². The van der Waals surface area contributed by atoms with Gasteiger partial charge < -0.3 is 4.74 Å². The van der Waals surface area contributed by atoms with Crippen molar-refractivity contribution in [3.8, 4) is 5.75 Å². The molecule has 0 N–H and O–H groups in total. The van der Waals surface area contributed by atoms with Crippen LogP contribution in [-0.2, 0) is 5.41 Å². The molecule has 0 aliphatic carbocycles. The van der Waals surface area contributed by atoms with Gasteiger partial charge in [-0.2, -0.15) is 0 Å². The number of thiol groups is 1. The number of carbonyl (C=O) groups is 1. The van der Waals surface area contributed by atoms with Gasteiger partial charge in [0, 0.05) is 0 Å². The molecule has 0 saturated carbocycles. The summed E-state index contributed by atoms with van der Waals surface area (Å²) >= 11 is 3.53. The van der Waals surface area contributed by atoms with E-state index in [9.17, 15) is 4.79 Å². The monoisotopic (exact) mass is 210 g/mol. The first-order valence-electron chi connectivity index (χ1n) is 4.41. The Morgan fingerprint density at radius 1 is 1.21 bits per heavy atom. The molecule has 0 atom stereocenters. The van der Waals surface area contributed by atoms with Gasteiger partial charge in [-0.25, -0.2) is 4.79 Å². The second kappa shape index (κ2) is 4.05. The minimum atomic E-state index is -0.589. The van der Waals surface area contributed by atoms with Crippen molar-refractivity contribution in [2.45, 2.75) is 26.2 Å². The van der Waals surface area contributed by atoms with Crippen LogP contribution in [0, 0.1) is 0 Å². The Labute approximate surface area is 89.7 Å². The summed E-state index contributed by atoms with van der Waals surface area (Å²) in [6, 6.07) is 7.45. The molecule has 1 rings (SSSR count). The van der Waals surface area contributed by atoms with Gasteiger partial charge in [0.1, 0.15) is 5.75 Å². The minimum absolute atomic E-state index is 0.115. The van der Waals surface area contributed by atoms with Crippen LogP contribution in [0.15, 0.2) is 24.3 Å². The lowest BCUT2D eigenvalue weighted by Crippen LogP contribution is -2.10. The van der Waals surface area contributed by atoms with E-state index in [0.29, 0.717) is 5.75 Å². The maximum atomic E-state index is 10.5. The fraction of sp³-hybridized carbons (Fsp3) is 0.364. The van der Waals surface area contributed by atoms with Crippen LogP contribution in [-0.4, -0.2) is 5.30 Å². The van der Waals surface area contributed by atoms with Gasteiger partial charge in [0.2, 0.25) is 0 Å². The van der Waals surface area contributed by atoms with Crippen molar-refractivity contribution in [3.63, 3.8) is 0 Å². The molecule has 14 heavy (non-hydrogen) atoms. The molecule has 76 valence electrons. The number of ether oxygens (including phenoxy) is 1. The average Bonchev–Trinajstić information content (AvgIpc) is 2.02. The number of carbonyl (C=O) groups excluding carboxylic acids is 1. The Morgan fingerprint density at radius 2 is 1.71 bits per heavy atom. The van der Waals surface area contributed by atoms with Gasteiger partial charge in [-0.3, -0.25) is 0 Å². The normalized spacial score (nSPS) is 11.1. The second-order valence-corrected chi connectivity index (χ2v) is 4.51. The van der Waals surface area contributed by atoms with Crippen molar-refractivity contribution in [3.05, 3.63) is 29.8 Å². The molecule has 0 amide bonds. The van der Waals surface area contributed by atoms with E-state index in [2.05, 4.69) is 33.4 Å². The molecule has 3 heteroatoms. The minimum Gasteiger partial charge on any atom is -0.419 e. The summed E-state index contributed by atoms with van der Waals surface area (Å²) in [5, 5.41) is -0.589. The predicted molar refractivity (Wildman–Crippen MR) is 60.2 cm³/mol. The van der Waals surface area contributed by atoms with Crippen LogP contribution in [0.2, 0.25) is 0 Å². The van der Waals surface area contributed by atoms with Crippen LogP contribution < -0.4 is 4.74 Å². The SMILES string of the molecule is CC(C)(C)c1ccc(OC(=O)S)cc1. The molecule has 0 saturated heterocycles. The van der Waals surface area contributed by atoms with Crippen molar-refractivity contribution in [1.29, 1.82) is 0 Å². The van der Waals surface area contributed by atoms with Gasteiger partial charge >= 0.3 is 5.30 Å². The third-order valence-corrected chi connectivity index (χ3v) is 2.02. The molecule has 0 spiro atoms. The molecule has 0 aliphatic rings. The van der Waals surface area contributed by atoms with Crippen LogP contribution >= 0.6 is 12.6 Å². The lowest BCUT2D eigenvalue weighted by atomic mass is 9.87. The number of rotatable bonds is 1. The first-order chi connectivity index (χ1) is 6.39. The van der Waals surface area contributed by atoms with E-state index >= 15 is 0 Å². The van der Waals surface area contributed by atoms with Crippen LogP contribution in [0.3, 0.4) is 0 Å². The average molecular weight is 210 g/mol. The van der Waals surface area contributed by atoms with E-state index < -0.39 is 5.30 Å². The molecule has 0 aliphatic heterocycles. The van der Waals surface area contributed by atoms with Crippen LogP contribution in [0.5, 0.6) is 5.75 Å². The smallest absolute Gasteiger partial charge is 0.369 e. The first kappa shape index (κ1) is 11.1. The Kier molecular flexibility index (Phi) is 3.21. The van der Waals surface area contributed by atoms with E-state index in [1.807, 2.05) is 12.1 Å². The van der Waals surface area contributed by atoms with Gasteiger partial charge in [-0.05, 0) is 23.1 Å². The molecule has 0 fully saturated rings. The Morgan fingerprint density at radius 3 is 2.07 bits per heavy atom. The topological polar surface area (TPSA) is 26.3 Å². The number of benzene rings is 1. The summed E-state index contributed by atoms with van der Waals surface area (Å²) in [5.41, 5.74) is 1.32. The highest BCUT2D eigenvalue weighted by atomic mass is 32.1. The molecule has 0 radical (unpaired) electrons. The van der Waals surface area contributed by atoms with Gasteiger partial charge in [-0.15, -0.1) is 0 Å². The summed E-state index contributed by atoms with van der Waals surface area (Å²) in [7, 11) is 0. The fourth-order valence-corrected chi connectivity index (χ4v) is 1.23. The number of hydrogen-bond acceptors (Lipinski definition) is 2.